The fourth-order valence-corrected chi connectivity index (χ4v) is 4.76. The summed E-state index contributed by atoms with van der Waals surface area (Å²) >= 11 is 0. The second kappa shape index (κ2) is 10.4. The molecule has 0 saturated heterocycles. The molecule has 4 aromatic rings. The average molecular weight is 512 g/mol. The molecule has 9 nitrogen and oxygen atoms in total. The van der Waals surface area contributed by atoms with Gasteiger partial charge in [0.25, 0.3) is 5.56 Å². The number of sulfone groups is 1. The Morgan fingerprint density at radius 2 is 1.83 bits per heavy atom. The third-order valence-electron chi connectivity index (χ3n) is 5.80. The first-order chi connectivity index (χ1) is 17.2. The Balaban J connectivity index is 1.36. The molecule has 0 unspecified atom stereocenters. The molecule has 2 aromatic carbocycles. The molecule has 0 spiro atoms. The number of nitrogens with one attached hydrogen (secondary N) is 1. The summed E-state index contributed by atoms with van der Waals surface area (Å²) in [4.78, 5) is 29.7. The monoisotopic (exact) mass is 511 g/mol. The van der Waals surface area contributed by atoms with Crippen LogP contribution in [0.2, 0.25) is 0 Å². The lowest BCUT2D eigenvalue weighted by atomic mass is 10.1. The van der Waals surface area contributed by atoms with Gasteiger partial charge in [-0.2, -0.15) is 5.10 Å². The van der Waals surface area contributed by atoms with Crippen LogP contribution in [0.4, 0.5) is 4.39 Å². The van der Waals surface area contributed by atoms with Crippen LogP contribution < -0.4 is 10.9 Å². The third kappa shape index (κ3) is 5.35. The fraction of sp³-hybridized carbons (Fsp3) is 0.280. The summed E-state index contributed by atoms with van der Waals surface area (Å²) in [5, 5.41) is 6.78. The van der Waals surface area contributed by atoms with E-state index in [0.717, 1.165) is 0 Å². The van der Waals surface area contributed by atoms with Crippen molar-refractivity contribution in [1.29, 1.82) is 0 Å². The predicted octanol–water partition coefficient (Wildman–Crippen LogP) is 2.32. The van der Waals surface area contributed by atoms with Gasteiger partial charge in [-0.05, 0) is 37.6 Å². The number of aromatic nitrogens is 4. The van der Waals surface area contributed by atoms with Gasteiger partial charge in [-0.25, -0.2) is 22.5 Å². The molecule has 0 atom stereocenters. The maximum atomic E-state index is 14.0. The van der Waals surface area contributed by atoms with Gasteiger partial charge in [0.2, 0.25) is 5.91 Å². The smallest absolute Gasteiger partial charge is 0.264 e. The van der Waals surface area contributed by atoms with Crippen molar-refractivity contribution in [3.8, 4) is 0 Å². The minimum absolute atomic E-state index is 0.0556. The summed E-state index contributed by atoms with van der Waals surface area (Å²) in [5.74, 6) is -0.626. The van der Waals surface area contributed by atoms with Crippen molar-refractivity contribution in [2.45, 2.75) is 43.5 Å². The molecular formula is C25H26FN5O4S. The number of halogens is 1. The molecule has 11 heteroatoms. The van der Waals surface area contributed by atoms with Crippen molar-refractivity contribution in [3.05, 3.63) is 88.4 Å². The minimum atomic E-state index is -3.36. The first-order valence-electron chi connectivity index (χ1n) is 11.4. The van der Waals surface area contributed by atoms with Crippen LogP contribution in [-0.2, 0) is 34.1 Å². The predicted molar refractivity (Wildman–Crippen MR) is 133 cm³/mol. The van der Waals surface area contributed by atoms with Crippen molar-refractivity contribution in [1.82, 2.24) is 24.6 Å². The highest BCUT2D eigenvalue weighted by molar-refractivity contribution is 7.92. The molecule has 0 fully saturated rings. The number of fused-ring (bicyclic) bond motifs is 1. The van der Waals surface area contributed by atoms with Gasteiger partial charge in [-0.1, -0.05) is 30.3 Å². The third-order valence-corrected chi connectivity index (χ3v) is 7.97. The molecule has 0 saturated carbocycles. The van der Waals surface area contributed by atoms with Crippen LogP contribution in [0.1, 0.15) is 25.0 Å². The van der Waals surface area contributed by atoms with Crippen molar-refractivity contribution in [3.63, 3.8) is 0 Å². The van der Waals surface area contributed by atoms with E-state index in [1.807, 2.05) is 0 Å². The van der Waals surface area contributed by atoms with Gasteiger partial charge in [0, 0.05) is 12.1 Å². The first kappa shape index (κ1) is 25.2. The lowest BCUT2D eigenvalue weighted by molar-refractivity contribution is -0.120. The van der Waals surface area contributed by atoms with Gasteiger partial charge in [-0.3, -0.25) is 14.2 Å². The molecule has 0 radical (unpaired) electrons. The van der Waals surface area contributed by atoms with Crippen LogP contribution in [0.15, 0.2) is 70.7 Å². The zero-order valence-electron chi connectivity index (χ0n) is 19.9. The molecule has 0 aliphatic carbocycles. The standard InChI is InChI=1S/C25H26FN5O4S/c1-17(2)36(34,35)20-9-7-18(8-10-20)13-23(32)27-11-12-31-24-21(14-29-31)25(33)30(16-28-24)15-19-5-3-4-6-22(19)26/h3-10,14,16-17H,11-13,15H2,1-2H3,(H,27,32). The Hall–Kier alpha value is -3.86. The van der Waals surface area contributed by atoms with E-state index in [4.69, 9.17) is 0 Å². The molecule has 1 N–H and O–H groups in total. The summed E-state index contributed by atoms with van der Waals surface area (Å²) < 4.78 is 41.2. The second-order valence-electron chi connectivity index (χ2n) is 8.64. The number of carbonyl (C=O) groups is 1. The van der Waals surface area contributed by atoms with E-state index in [0.29, 0.717) is 28.7 Å². The van der Waals surface area contributed by atoms with Crippen LogP contribution >= 0.6 is 0 Å². The van der Waals surface area contributed by atoms with Gasteiger partial charge in [-0.15, -0.1) is 0 Å². The Bertz CT molecular complexity index is 1560. The molecule has 2 heterocycles. The quantitative estimate of drug-likeness (QED) is 0.369. The van der Waals surface area contributed by atoms with E-state index in [9.17, 15) is 22.4 Å². The highest BCUT2D eigenvalue weighted by Gasteiger charge is 2.19. The van der Waals surface area contributed by atoms with Crippen LogP contribution in [0, 0.1) is 5.82 Å². The first-order valence-corrected chi connectivity index (χ1v) is 13.0. The van der Waals surface area contributed by atoms with Crippen LogP contribution in [-0.4, -0.2) is 45.5 Å². The van der Waals surface area contributed by atoms with Gasteiger partial charge in [0.15, 0.2) is 15.5 Å². The van der Waals surface area contributed by atoms with Crippen molar-refractivity contribution >= 4 is 26.8 Å². The zero-order chi connectivity index (χ0) is 25.9. The normalized spacial score (nSPS) is 11.8. The zero-order valence-corrected chi connectivity index (χ0v) is 20.7. The summed E-state index contributed by atoms with van der Waals surface area (Å²) in [6.45, 7) is 3.85. The Kier molecular flexibility index (Phi) is 7.30. The van der Waals surface area contributed by atoms with Crippen LogP contribution in [0.25, 0.3) is 11.0 Å². The van der Waals surface area contributed by atoms with Crippen molar-refractivity contribution in [2.75, 3.05) is 6.54 Å². The summed E-state index contributed by atoms with van der Waals surface area (Å²) in [6, 6.07) is 12.5. The van der Waals surface area contributed by atoms with E-state index in [-0.39, 0.29) is 35.9 Å². The molecule has 1 amide bonds. The molecule has 0 bridgehead atoms. The van der Waals surface area contributed by atoms with Gasteiger partial charge in [0.1, 0.15) is 17.5 Å². The number of amides is 1. The van der Waals surface area contributed by atoms with Crippen molar-refractivity contribution in [2.24, 2.45) is 0 Å². The van der Waals surface area contributed by atoms with Crippen LogP contribution in [0.3, 0.4) is 0 Å². The lowest BCUT2D eigenvalue weighted by Gasteiger charge is -2.09. The molecular weight excluding hydrogens is 485 g/mol. The number of benzene rings is 2. The molecule has 0 aliphatic heterocycles. The summed E-state index contributed by atoms with van der Waals surface area (Å²) in [6.07, 6.45) is 2.87. The second-order valence-corrected chi connectivity index (χ2v) is 11.1. The molecule has 36 heavy (non-hydrogen) atoms. The van der Waals surface area contributed by atoms with Gasteiger partial charge >= 0.3 is 0 Å². The van der Waals surface area contributed by atoms with Crippen molar-refractivity contribution < 1.29 is 17.6 Å². The largest absolute Gasteiger partial charge is 0.354 e. The molecule has 0 aliphatic rings. The summed E-state index contributed by atoms with van der Waals surface area (Å²) in [5.41, 5.74) is 1.12. The van der Waals surface area contributed by atoms with Crippen LogP contribution in [0.5, 0.6) is 0 Å². The lowest BCUT2D eigenvalue weighted by Crippen LogP contribution is -2.29. The average Bonchev–Trinajstić information content (AvgIpc) is 3.26. The number of nitrogens with zero attached hydrogens (tertiary/aromatic N) is 4. The fourth-order valence-electron chi connectivity index (χ4n) is 3.70. The maximum Gasteiger partial charge on any atom is 0.264 e. The topological polar surface area (TPSA) is 116 Å². The Morgan fingerprint density at radius 1 is 1.11 bits per heavy atom. The molecule has 4 rings (SSSR count). The number of rotatable bonds is 9. The SMILES string of the molecule is CC(C)S(=O)(=O)c1ccc(CC(=O)NCCn2ncc3c(=O)n(Cc4ccccc4F)cnc32)cc1. The number of hydrogen-bond donors (Lipinski definition) is 1. The van der Waals surface area contributed by atoms with E-state index in [1.54, 1.807) is 44.2 Å². The maximum absolute atomic E-state index is 14.0. The van der Waals surface area contributed by atoms with E-state index < -0.39 is 20.9 Å². The Morgan fingerprint density at radius 3 is 2.53 bits per heavy atom. The van der Waals surface area contributed by atoms with E-state index in [2.05, 4.69) is 15.4 Å². The van der Waals surface area contributed by atoms with E-state index in [1.165, 1.54) is 40.0 Å². The molecule has 188 valence electrons. The van der Waals surface area contributed by atoms with Gasteiger partial charge in [0.05, 0.1) is 35.9 Å². The summed E-state index contributed by atoms with van der Waals surface area (Å²) in [7, 11) is -3.36. The van der Waals surface area contributed by atoms with Gasteiger partial charge < -0.3 is 5.32 Å². The minimum Gasteiger partial charge on any atom is -0.354 e. The highest BCUT2D eigenvalue weighted by atomic mass is 32.2. The highest BCUT2D eigenvalue weighted by Crippen LogP contribution is 2.17. The number of hydrogen-bond acceptors (Lipinski definition) is 6. The Labute approximate surface area is 207 Å². The molecule has 2 aromatic heterocycles. The number of carbonyl (C=O) groups excluding carboxylic acids is 1. The van der Waals surface area contributed by atoms with E-state index >= 15 is 0 Å².